The lowest BCUT2D eigenvalue weighted by molar-refractivity contribution is -0.00529. The number of fused-ring (bicyclic) bond motifs is 2. The SMILES string of the molecule is CCC1CC2CC(C)CC(c3ccc(N(c4ccc(C56CC7CC(CC(C7)C5)C6)cc4)c4ccc(C56CC7CC(CC(C7)C5)C6)cc4)cc3)(C1)C2. The molecule has 0 aromatic heterocycles. The van der Waals surface area contributed by atoms with Crippen LogP contribution in [0.3, 0.4) is 0 Å². The minimum Gasteiger partial charge on any atom is -0.311 e. The molecule has 0 saturated heterocycles. The molecular formula is C50H63N. The molecule has 10 bridgehead atoms. The van der Waals surface area contributed by atoms with Gasteiger partial charge in [-0.05, 0) is 232 Å². The molecule has 1 heteroatoms. The van der Waals surface area contributed by atoms with Crippen molar-refractivity contribution in [3.05, 3.63) is 89.5 Å². The smallest absolute Gasteiger partial charge is 0.0461 e. The van der Waals surface area contributed by atoms with Crippen LogP contribution in [-0.2, 0) is 16.2 Å². The highest BCUT2D eigenvalue weighted by molar-refractivity contribution is 5.77. The number of rotatable bonds is 7. The normalized spacial score (nSPS) is 43.1. The van der Waals surface area contributed by atoms with Gasteiger partial charge in [0.2, 0.25) is 0 Å². The second-order valence-corrected chi connectivity index (χ2v) is 21.0. The van der Waals surface area contributed by atoms with Crippen LogP contribution in [0.4, 0.5) is 17.1 Å². The van der Waals surface area contributed by atoms with E-state index < -0.39 is 0 Å². The fourth-order valence-electron chi connectivity index (χ4n) is 16.4. The van der Waals surface area contributed by atoms with Crippen LogP contribution in [0.5, 0.6) is 0 Å². The molecule has 4 atom stereocenters. The quantitative estimate of drug-likeness (QED) is 0.241. The Hall–Kier alpha value is -2.54. The summed E-state index contributed by atoms with van der Waals surface area (Å²) in [7, 11) is 0. The van der Waals surface area contributed by atoms with Gasteiger partial charge in [-0.1, -0.05) is 56.7 Å². The molecule has 4 unspecified atom stereocenters. The van der Waals surface area contributed by atoms with Crippen molar-refractivity contribution in [2.24, 2.45) is 53.3 Å². The highest BCUT2D eigenvalue weighted by atomic mass is 15.1. The Kier molecular flexibility index (Phi) is 7.34. The minimum absolute atomic E-state index is 0.379. The number of hydrogen-bond donors (Lipinski definition) is 0. The number of anilines is 3. The van der Waals surface area contributed by atoms with Crippen LogP contribution in [0, 0.1) is 53.3 Å². The van der Waals surface area contributed by atoms with E-state index in [9.17, 15) is 0 Å². The summed E-state index contributed by atoms with van der Waals surface area (Å²) in [6, 6.07) is 30.3. The van der Waals surface area contributed by atoms with Crippen molar-refractivity contribution >= 4 is 17.1 Å². The Balaban J connectivity index is 0.942. The number of nitrogens with zero attached hydrogens (tertiary/aromatic N) is 1. The summed E-state index contributed by atoms with van der Waals surface area (Å²) in [6.45, 7) is 4.97. The van der Waals surface area contributed by atoms with Gasteiger partial charge in [0.25, 0.3) is 0 Å². The zero-order valence-corrected chi connectivity index (χ0v) is 31.8. The van der Waals surface area contributed by atoms with Crippen molar-refractivity contribution in [1.29, 1.82) is 0 Å². The van der Waals surface area contributed by atoms with E-state index in [4.69, 9.17) is 0 Å². The van der Waals surface area contributed by atoms with Crippen molar-refractivity contribution in [2.75, 3.05) is 4.90 Å². The van der Waals surface area contributed by atoms with Gasteiger partial charge in [0.05, 0.1) is 0 Å². The third-order valence-corrected chi connectivity index (χ3v) is 17.4. The van der Waals surface area contributed by atoms with Gasteiger partial charge in [0.1, 0.15) is 0 Å². The van der Waals surface area contributed by atoms with E-state index in [0.717, 1.165) is 53.3 Å². The van der Waals surface area contributed by atoms with Crippen LogP contribution in [0.25, 0.3) is 0 Å². The molecule has 0 radical (unpaired) electrons. The molecule has 10 saturated carbocycles. The molecule has 10 fully saturated rings. The summed E-state index contributed by atoms with van der Waals surface area (Å²) in [5.74, 6) is 8.56. The summed E-state index contributed by atoms with van der Waals surface area (Å²) in [6.07, 6.45) is 26.2. The predicted octanol–water partition coefficient (Wildman–Crippen LogP) is 13.6. The largest absolute Gasteiger partial charge is 0.311 e. The first-order valence-electron chi connectivity index (χ1n) is 22.0. The monoisotopic (exact) mass is 677 g/mol. The van der Waals surface area contributed by atoms with Gasteiger partial charge in [-0.3, -0.25) is 0 Å². The molecule has 13 rings (SSSR count). The van der Waals surface area contributed by atoms with E-state index in [1.54, 1.807) is 16.7 Å². The molecule has 0 spiro atoms. The third-order valence-electron chi connectivity index (χ3n) is 17.4. The molecular weight excluding hydrogens is 615 g/mol. The molecule has 0 N–H and O–H groups in total. The maximum absolute atomic E-state index is 2.59. The second-order valence-electron chi connectivity index (χ2n) is 21.0. The summed E-state index contributed by atoms with van der Waals surface area (Å²) in [5, 5.41) is 0. The Morgan fingerprint density at radius 1 is 0.412 bits per heavy atom. The van der Waals surface area contributed by atoms with E-state index in [0.29, 0.717) is 16.2 Å². The lowest BCUT2D eigenvalue weighted by Gasteiger charge is -2.57. The average Bonchev–Trinajstić information content (AvgIpc) is 3.11. The van der Waals surface area contributed by atoms with Crippen molar-refractivity contribution < 1.29 is 0 Å². The first-order chi connectivity index (χ1) is 24.8. The Bertz CT molecular complexity index is 1580. The first-order valence-corrected chi connectivity index (χ1v) is 22.0. The zero-order chi connectivity index (χ0) is 34.0. The standard InChI is InChI=1S/C50H63N/c1-3-34-17-35-16-33(2)24-48(25-34,26-35)42-4-10-45(11-5-42)51(46-12-6-43(7-13-46)49-27-36-18-37(28-49)20-38(19-36)29-49)47-14-8-44(9-15-47)50-30-39-21-40(31-50)23-41(22-39)32-50/h4-15,33-41H,3,16-32H2,1-2H3. The van der Waals surface area contributed by atoms with Gasteiger partial charge in [-0.15, -0.1) is 0 Å². The Morgan fingerprint density at radius 3 is 1.06 bits per heavy atom. The fourth-order valence-corrected chi connectivity index (χ4v) is 16.4. The molecule has 0 aliphatic heterocycles. The maximum atomic E-state index is 2.59. The van der Waals surface area contributed by atoms with E-state index >= 15 is 0 Å². The molecule has 268 valence electrons. The van der Waals surface area contributed by atoms with Crippen molar-refractivity contribution in [2.45, 2.75) is 146 Å². The highest BCUT2D eigenvalue weighted by Crippen LogP contribution is 2.62. The highest BCUT2D eigenvalue weighted by Gasteiger charge is 2.53. The summed E-state index contributed by atoms with van der Waals surface area (Å²) >= 11 is 0. The average molecular weight is 678 g/mol. The molecule has 0 amide bonds. The maximum Gasteiger partial charge on any atom is 0.0461 e. The van der Waals surface area contributed by atoms with Gasteiger partial charge in [-0.2, -0.15) is 0 Å². The van der Waals surface area contributed by atoms with Crippen LogP contribution in [0.2, 0.25) is 0 Å². The summed E-state index contributed by atoms with van der Waals surface area (Å²) in [4.78, 5) is 2.59. The van der Waals surface area contributed by atoms with Crippen LogP contribution in [-0.4, -0.2) is 0 Å². The molecule has 51 heavy (non-hydrogen) atoms. The molecule has 10 aliphatic rings. The van der Waals surface area contributed by atoms with Crippen LogP contribution < -0.4 is 4.90 Å². The number of hydrogen-bond acceptors (Lipinski definition) is 1. The van der Waals surface area contributed by atoms with Crippen LogP contribution in [0.15, 0.2) is 72.8 Å². The number of benzene rings is 3. The molecule has 1 nitrogen and oxygen atoms in total. The minimum atomic E-state index is 0.379. The van der Waals surface area contributed by atoms with Gasteiger partial charge in [0, 0.05) is 17.1 Å². The topological polar surface area (TPSA) is 3.24 Å². The van der Waals surface area contributed by atoms with Crippen molar-refractivity contribution in [3.8, 4) is 0 Å². The molecule has 0 heterocycles. The van der Waals surface area contributed by atoms with Crippen LogP contribution >= 0.6 is 0 Å². The predicted molar refractivity (Wildman–Crippen MR) is 212 cm³/mol. The fraction of sp³-hybridized carbons (Fsp3) is 0.640. The molecule has 10 aliphatic carbocycles. The zero-order valence-electron chi connectivity index (χ0n) is 31.8. The van der Waals surface area contributed by atoms with Crippen molar-refractivity contribution in [1.82, 2.24) is 0 Å². The summed E-state index contributed by atoms with van der Waals surface area (Å²) in [5.41, 5.74) is 10.1. The Morgan fingerprint density at radius 2 is 0.725 bits per heavy atom. The van der Waals surface area contributed by atoms with Gasteiger partial charge in [-0.25, -0.2) is 0 Å². The Labute approximate surface area is 309 Å². The van der Waals surface area contributed by atoms with Gasteiger partial charge < -0.3 is 4.90 Å². The van der Waals surface area contributed by atoms with E-state index in [2.05, 4.69) is 91.5 Å². The van der Waals surface area contributed by atoms with E-state index in [1.807, 2.05) is 0 Å². The lowest BCUT2D eigenvalue weighted by atomic mass is 9.48. The third kappa shape index (κ3) is 5.27. The second kappa shape index (κ2) is 11.7. The van der Waals surface area contributed by atoms with E-state index in [-0.39, 0.29) is 0 Å². The van der Waals surface area contributed by atoms with Gasteiger partial charge in [0.15, 0.2) is 0 Å². The van der Waals surface area contributed by atoms with Crippen LogP contribution in [0.1, 0.15) is 146 Å². The van der Waals surface area contributed by atoms with Gasteiger partial charge >= 0.3 is 0 Å². The summed E-state index contributed by atoms with van der Waals surface area (Å²) < 4.78 is 0. The van der Waals surface area contributed by atoms with E-state index in [1.165, 1.54) is 133 Å². The molecule has 3 aromatic rings. The van der Waals surface area contributed by atoms with Crippen molar-refractivity contribution in [3.63, 3.8) is 0 Å². The molecule has 3 aromatic carbocycles. The lowest BCUT2D eigenvalue weighted by Crippen LogP contribution is -2.48. The first kappa shape index (κ1) is 31.9.